The first-order valence-corrected chi connectivity index (χ1v) is 6.79. The lowest BCUT2D eigenvalue weighted by atomic mass is 9.91. The first kappa shape index (κ1) is 11.8. The minimum atomic E-state index is 0.408. The molecule has 1 aromatic heterocycles. The number of anilines is 1. The molecule has 2 N–H and O–H groups in total. The molecular weight excluding hydrogens is 220 g/mol. The Kier molecular flexibility index (Phi) is 3.76. The monoisotopic (exact) mass is 240 g/mol. The molecule has 0 unspecified atom stereocenters. The second-order valence-corrected chi connectivity index (χ2v) is 5.26. The quantitative estimate of drug-likeness (QED) is 0.875. The number of rotatable bonds is 3. The second kappa shape index (κ2) is 5.10. The smallest absolute Gasteiger partial charge is 0.205 e. The van der Waals surface area contributed by atoms with Crippen LogP contribution in [0.1, 0.15) is 38.4 Å². The first-order chi connectivity index (χ1) is 7.70. The van der Waals surface area contributed by atoms with Gasteiger partial charge in [0.2, 0.25) is 5.13 Å². The van der Waals surface area contributed by atoms with Crippen LogP contribution in [0.4, 0.5) is 5.13 Å². The standard InChI is InChI=1S/C11H20N4S/c1-3-10-13-11(16-14-10)15(2)9-6-4-8(12)5-7-9/h8-9H,3-7,12H2,1-2H3. The normalized spacial score (nSPS) is 25.7. The maximum Gasteiger partial charge on any atom is 0.205 e. The average Bonchev–Trinajstić information content (AvgIpc) is 2.77. The molecule has 2 rings (SSSR count). The number of nitrogens with zero attached hydrogens (tertiary/aromatic N) is 3. The molecule has 1 saturated carbocycles. The Labute approximate surface area is 101 Å². The summed E-state index contributed by atoms with van der Waals surface area (Å²) in [4.78, 5) is 6.81. The summed E-state index contributed by atoms with van der Waals surface area (Å²) in [6.45, 7) is 2.09. The summed E-state index contributed by atoms with van der Waals surface area (Å²) in [6, 6.07) is 1.00. The number of aryl methyl sites for hydroxylation is 1. The van der Waals surface area contributed by atoms with E-state index in [1.165, 1.54) is 24.4 Å². The zero-order valence-corrected chi connectivity index (χ0v) is 10.8. The van der Waals surface area contributed by atoms with Crippen LogP contribution >= 0.6 is 11.5 Å². The van der Waals surface area contributed by atoms with E-state index < -0.39 is 0 Å². The summed E-state index contributed by atoms with van der Waals surface area (Å²) in [5.41, 5.74) is 5.92. The maximum absolute atomic E-state index is 5.92. The zero-order valence-electron chi connectivity index (χ0n) is 10.0. The molecule has 16 heavy (non-hydrogen) atoms. The first-order valence-electron chi connectivity index (χ1n) is 6.01. The molecule has 0 bridgehead atoms. The van der Waals surface area contributed by atoms with Gasteiger partial charge >= 0.3 is 0 Å². The number of aromatic nitrogens is 2. The van der Waals surface area contributed by atoms with E-state index in [4.69, 9.17) is 5.73 Å². The zero-order chi connectivity index (χ0) is 11.5. The Bertz CT molecular complexity index is 330. The van der Waals surface area contributed by atoms with E-state index in [0.29, 0.717) is 12.1 Å². The highest BCUT2D eigenvalue weighted by atomic mass is 32.1. The Morgan fingerprint density at radius 3 is 2.62 bits per heavy atom. The molecule has 0 amide bonds. The van der Waals surface area contributed by atoms with Crippen molar-refractivity contribution in [2.24, 2.45) is 5.73 Å². The average molecular weight is 240 g/mol. The minimum absolute atomic E-state index is 0.408. The van der Waals surface area contributed by atoms with E-state index in [1.54, 1.807) is 0 Å². The number of hydrogen-bond donors (Lipinski definition) is 1. The van der Waals surface area contributed by atoms with Gasteiger partial charge in [-0.05, 0) is 25.7 Å². The SMILES string of the molecule is CCc1nsc(N(C)C2CCC(N)CC2)n1. The van der Waals surface area contributed by atoms with Crippen molar-refractivity contribution in [3.05, 3.63) is 5.82 Å². The highest BCUT2D eigenvalue weighted by Crippen LogP contribution is 2.26. The molecule has 90 valence electrons. The maximum atomic E-state index is 5.92. The third-order valence-electron chi connectivity index (χ3n) is 3.36. The Morgan fingerprint density at radius 1 is 1.38 bits per heavy atom. The molecule has 0 aromatic carbocycles. The fraction of sp³-hybridized carbons (Fsp3) is 0.818. The molecule has 4 nitrogen and oxygen atoms in total. The summed E-state index contributed by atoms with van der Waals surface area (Å²) >= 11 is 1.51. The van der Waals surface area contributed by atoms with Gasteiger partial charge in [0.15, 0.2) is 0 Å². The third kappa shape index (κ3) is 2.52. The molecule has 0 saturated heterocycles. The van der Waals surface area contributed by atoms with Crippen molar-refractivity contribution in [3.8, 4) is 0 Å². The minimum Gasteiger partial charge on any atom is -0.347 e. The predicted octanol–water partition coefficient (Wildman–Crippen LogP) is 1.81. The molecule has 1 heterocycles. The fourth-order valence-corrected chi connectivity index (χ4v) is 2.96. The summed E-state index contributed by atoms with van der Waals surface area (Å²) < 4.78 is 4.33. The van der Waals surface area contributed by atoms with Gasteiger partial charge < -0.3 is 10.6 Å². The van der Waals surface area contributed by atoms with Crippen molar-refractivity contribution in [1.82, 2.24) is 9.36 Å². The van der Waals surface area contributed by atoms with Crippen LogP contribution in [0.5, 0.6) is 0 Å². The highest BCUT2D eigenvalue weighted by molar-refractivity contribution is 7.09. The van der Waals surface area contributed by atoms with E-state index in [2.05, 4.69) is 28.2 Å². The van der Waals surface area contributed by atoms with Crippen LogP contribution in [0.2, 0.25) is 0 Å². The van der Waals surface area contributed by atoms with Gasteiger partial charge in [-0.3, -0.25) is 0 Å². The van der Waals surface area contributed by atoms with Crippen LogP contribution in [0.15, 0.2) is 0 Å². The largest absolute Gasteiger partial charge is 0.347 e. The van der Waals surface area contributed by atoms with Crippen LogP contribution in [0.3, 0.4) is 0 Å². The van der Waals surface area contributed by atoms with Gasteiger partial charge in [0.05, 0.1) is 0 Å². The molecule has 1 aliphatic carbocycles. The van der Waals surface area contributed by atoms with Gasteiger partial charge in [0.25, 0.3) is 0 Å². The van der Waals surface area contributed by atoms with Gasteiger partial charge in [0.1, 0.15) is 5.82 Å². The lowest BCUT2D eigenvalue weighted by molar-refractivity contribution is 0.384. The molecule has 0 spiro atoms. The predicted molar refractivity (Wildman–Crippen MR) is 67.9 cm³/mol. The van der Waals surface area contributed by atoms with Gasteiger partial charge in [0, 0.05) is 37.1 Å². The summed E-state index contributed by atoms with van der Waals surface area (Å²) in [5.74, 6) is 0.958. The van der Waals surface area contributed by atoms with E-state index in [-0.39, 0.29) is 0 Å². The van der Waals surface area contributed by atoms with Crippen molar-refractivity contribution in [1.29, 1.82) is 0 Å². The van der Waals surface area contributed by atoms with Crippen molar-refractivity contribution in [2.45, 2.75) is 51.1 Å². The Balaban J connectivity index is 1.98. The lowest BCUT2D eigenvalue weighted by Crippen LogP contribution is -2.38. The van der Waals surface area contributed by atoms with Gasteiger partial charge in [-0.15, -0.1) is 0 Å². The van der Waals surface area contributed by atoms with E-state index in [1.807, 2.05) is 0 Å². The van der Waals surface area contributed by atoms with Crippen molar-refractivity contribution < 1.29 is 0 Å². The van der Waals surface area contributed by atoms with Crippen LogP contribution in [0, 0.1) is 0 Å². The van der Waals surface area contributed by atoms with Crippen LogP contribution < -0.4 is 10.6 Å². The molecule has 0 radical (unpaired) electrons. The Hall–Kier alpha value is -0.680. The molecule has 1 fully saturated rings. The molecule has 1 aliphatic rings. The highest BCUT2D eigenvalue weighted by Gasteiger charge is 2.23. The molecule has 5 heteroatoms. The van der Waals surface area contributed by atoms with Crippen molar-refractivity contribution >= 4 is 16.7 Å². The Morgan fingerprint density at radius 2 is 2.06 bits per heavy atom. The van der Waals surface area contributed by atoms with E-state index >= 15 is 0 Å². The topological polar surface area (TPSA) is 55.0 Å². The number of nitrogens with two attached hydrogens (primary N) is 1. The summed E-state index contributed by atoms with van der Waals surface area (Å²) in [6.07, 6.45) is 5.54. The second-order valence-electron chi connectivity index (χ2n) is 4.53. The van der Waals surface area contributed by atoms with Crippen molar-refractivity contribution in [3.63, 3.8) is 0 Å². The fourth-order valence-electron chi connectivity index (χ4n) is 2.18. The van der Waals surface area contributed by atoms with Gasteiger partial charge in [-0.1, -0.05) is 6.92 Å². The lowest BCUT2D eigenvalue weighted by Gasteiger charge is -2.32. The van der Waals surface area contributed by atoms with E-state index in [0.717, 1.165) is 30.2 Å². The molecule has 0 aliphatic heterocycles. The van der Waals surface area contributed by atoms with Gasteiger partial charge in [-0.2, -0.15) is 4.37 Å². The third-order valence-corrected chi connectivity index (χ3v) is 4.21. The summed E-state index contributed by atoms with van der Waals surface area (Å²) in [5, 5.41) is 1.05. The number of hydrogen-bond acceptors (Lipinski definition) is 5. The van der Waals surface area contributed by atoms with Crippen molar-refractivity contribution in [2.75, 3.05) is 11.9 Å². The molecule has 0 atom stereocenters. The molecular formula is C11H20N4S. The molecule has 1 aromatic rings. The van der Waals surface area contributed by atoms with Crippen LogP contribution in [-0.2, 0) is 6.42 Å². The van der Waals surface area contributed by atoms with Gasteiger partial charge in [-0.25, -0.2) is 4.98 Å². The van der Waals surface area contributed by atoms with E-state index in [9.17, 15) is 0 Å². The van der Waals surface area contributed by atoms with Crippen LogP contribution in [0.25, 0.3) is 0 Å². The summed E-state index contributed by atoms with van der Waals surface area (Å²) in [7, 11) is 2.13. The van der Waals surface area contributed by atoms with Crippen LogP contribution in [-0.4, -0.2) is 28.5 Å².